The van der Waals surface area contributed by atoms with Gasteiger partial charge in [0.2, 0.25) is 0 Å². The van der Waals surface area contributed by atoms with Crippen LogP contribution >= 0.6 is 0 Å². The standard InChI is InChI=1S/C13H17N5/c1-10-3-2-4-11(7-14)13(10)17-5-6-18-9-15-16-12(18)8-17/h2-4,9H,5-8,14H2,1H3. The van der Waals surface area contributed by atoms with Crippen molar-refractivity contribution in [3.63, 3.8) is 0 Å². The Hall–Kier alpha value is -1.88. The molecule has 2 heterocycles. The van der Waals surface area contributed by atoms with Gasteiger partial charge in [-0.2, -0.15) is 0 Å². The predicted octanol–water partition coefficient (Wildman–Crippen LogP) is 1.07. The summed E-state index contributed by atoms with van der Waals surface area (Å²) in [6.07, 6.45) is 1.80. The van der Waals surface area contributed by atoms with Crippen LogP contribution in [0.4, 0.5) is 5.69 Å². The molecule has 0 fully saturated rings. The molecule has 0 aliphatic carbocycles. The van der Waals surface area contributed by atoms with Crippen molar-refractivity contribution >= 4 is 5.69 Å². The Morgan fingerprint density at radius 1 is 1.33 bits per heavy atom. The van der Waals surface area contributed by atoms with E-state index in [1.807, 2.05) is 0 Å². The van der Waals surface area contributed by atoms with Crippen LogP contribution in [-0.2, 0) is 19.6 Å². The number of fused-ring (bicyclic) bond motifs is 1. The maximum atomic E-state index is 5.84. The Morgan fingerprint density at radius 2 is 2.22 bits per heavy atom. The fraction of sp³-hybridized carbons (Fsp3) is 0.385. The van der Waals surface area contributed by atoms with E-state index in [-0.39, 0.29) is 0 Å². The van der Waals surface area contributed by atoms with Crippen molar-refractivity contribution in [2.24, 2.45) is 5.73 Å². The van der Waals surface area contributed by atoms with Crippen LogP contribution in [0.5, 0.6) is 0 Å². The molecule has 1 aliphatic rings. The third kappa shape index (κ3) is 1.76. The van der Waals surface area contributed by atoms with Crippen molar-refractivity contribution in [2.75, 3.05) is 11.4 Å². The molecular weight excluding hydrogens is 226 g/mol. The Labute approximate surface area is 106 Å². The highest BCUT2D eigenvalue weighted by Crippen LogP contribution is 2.27. The van der Waals surface area contributed by atoms with E-state index in [0.717, 1.165) is 25.5 Å². The molecule has 0 bridgehead atoms. The van der Waals surface area contributed by atoms with E-state index in [2.05, 4.69) is 44.8 Å². The number of aryl methyl sites for hydroxylation is 1. The smallest absolute Gasteiger partial charge is 0.152 e. The van der Waals surface area contributed by atoms with Crippen molar-refractivity contribution < 1.29 is 0 Å². The maximum absolute atomic E-state index is 5.84. The van der Waals surface area contributed by atoms with Crippen LogP contribution in [0.25, 0.3) is 0 Å². The Morgan fingerprint density at radius 3 is 3.06 bits per heavy atom. The lowest BCUT2D eigenvalue weighted by molar-refractivity contribution is 0.558. The first-order valence-corrected chi connectivity index (χ1v) is 6.20. The first-order chi connectivity index (χ1) is 8.79. The number of rotatable bonds is 2. The third-order valence-corrected chi connectivity index (χ3v) is 3.50. The third-order valence-electron chi connectivity index (χ3n) is 3.50. The second-order valence-corrected chi connectivity index (χ2v) is 4.65. The zero-order chi connectivity index (χ0) is 12.5. The zero-order valence-corrected chi connectivity index (χ0v) is 10.5. The average Bonchev–Trinajstić information content (AvgIpc) is 2.85. The second-order valence-electron chi connectivity index (χ2n) is 4.65. The monoisotopic (exact) mass is 243 g/mol. The highest BCUT2D eigenvalue weighted by atomic mass is 15.3. The summed E-state index contributed by atoms with van der Waals surface area (Å²) in [4.78, 5) is 2.35. The van der Waals surface area contributed by atoms with Gasteiger partial charge in [0.15, 0.2) is 5.82 Å². The van der Waals surface area contributed by atoms with E-state index < -0.39 is 0 Å². The number of nitrogens with zero attached hydrogens (tertiary/aromatic N) is 4. The lowest BCUT2D eigenvalue weighted by atomic mass is 10.1. The van der Waals surface area contributed by atoms with Gasteiger partial charge in [-0.15, -0.1) is 10.2 Å². The second kappa shape index (κ2) is 4.42. The molecule has 0 atom stereocenters. The number of para-hydroxylation sites is 1. The Balaban J connectivity index is 1.97. The molecule has 5 nitrogen and oxygen atoms in total. The average molecular weight is 243 g/mol. The highest BCUT2D eigenvalue weighted by molar-refractivity contribution is 5.59. The van der Waals surface area contributed by atoms with Gasteiger partial charge in [0.1, 0.15) is 6.33 Å². The van der Waals surface area contributed by atoms with Gasteiger partial charge in [-0.3, -0.25) is 0 Å². The number of nitrogens with two attached hydrogens (primary N) is 1. The maximum Gasteiger partial charge on any atom is 0.152 e. The molecule has 0 amide bonds. The van der Waals surface area contributed by atoms with Crippen molar-refractivity contribution in [1.82, 2.24) is 14.8 Å². The van der Waals surface area contributed by atoms with Crippen LogP contribution < -0.4 is 10.6 Å². The minimum Gasteiger partial charge on any atom is -0.362 e. The normalized spacial score (nSPS) is 14.7. The summed E-state index contributed by atoms with van der Waals surface area (Å²) in [6, 6.07) is 6.29. The molecule has 0 spiro atoms. The van der Waals surface area contributed by atoms with Gasteiger partial charge < -0.3 is 15.2 Å². The van der Waals surface area contributed by atoms with Crippen molar-refractivity contribution in [3.05, 3.63) is 41.5 Å². The van der Waals surface area contributed by atoms with E-state index in [1.54, 1.807) is 6.33 Å². The van der Waals surface area contributed by atoms with Crippen LogP contribution in [0.2, 0.25) is 0 Å². The minimum absolute atomic E-state index is 0.570. The van der Waals surface area contributed by atoms with Gasteiger partial charge >= 0.3 is 0 Å². The minimum atomic E-state index is 0.570. The molecule has 1 aromatic heterocycles. The van der Waals surface area contributed by atoms with E-state index in [0.29, 0.717) is 6.54 Å². The molecule has 18 heavy (non-hydrogen) atoms. The number of aromatic nitrogens is 3. The molecule has 94 valence electrons. The first kappa shape index (κ1) is 11.2. The molecule has 0 unspecified atom stereocenters. The number of hydrogen-bond donors (Lipinski definition) is 1. The lowest BCUT2D eigenvalue weighted by Gasteiger charge is -2.31. The molecular formula is C13H17N5. The van der Waals surface area contributed by atoms with Crippen molar-refractivity contribution in [2.45, 2.75) is 26.6 Å². The molecule has 0 saturated carbocycles. The van der Waals surface area contributed by atoms with Crippen molar-refractivity contribution in [3.8, 4) is 0 Å². The topological polar surface area (TPSA) is 60.0 Å². The summed E-state index contributed by atoms with van der Waals surface area (Å²) in [6.45, 7) is 5.41. The van der Waals surface area contributed by atoms with E-state index in [4.69, 9.17) is 5.73 Å². The van der Waals surface area contributed by atoms with Gasteiger partial charge in [0.25, 0.3) is 0 Å². The summed E-state index contributed by atoms with van der Waals surface area (Å²) in [5.74, 6) is 1.02. The molecule has 1 aliphatic heterocycles. The Bertz CT molecular complexity index is 560. The summed E-state index contributed by atoms with van der Waals surface area (Å²) in [5, 5.41) is 8.12. The van der Waals surface area contributed by atoms with E-state index in [9.17, 15) is 0 Å². The lowest BCUT2D eigenvalue weighted by Crippen LogP contribution is -2.34. The van der Waals surface area contributed by atoms with Gasteiger partial charge in [-0.1, -0.05) is 18.2 Å². The summed E-state index contributed by atoms with van der Waals surface area (Å²) >= 11 is 0. The molecule has 2 N–H and O–H groups in total. The van der Waals surface area contributed by atoms with Gasteiger partial charge in [-0.25, -0.2) is 0 Å². The highest BCUT2D eigenvalue weighted by Gasteiger charge is 2.20. The fourth-order valence-electron chi connectivity index (χ4n) is 2.59. The number of benzene rings is 1. The molecule has 0 radical (unpaired) electrons. The largest absolute Gasteiger partial charge is 0.362 e. The fourth-order valence-corrected chi connectivity index (χ4v) is 2.59. The number of anilines is 1. The summed E-state index contributed by atoms with van der Waals surface area (Å²) in [7, 11) is 0. The Kier molecular flexibility index (Phi) is 2.76. The zero-order valence-electron chi connectivity index (χ0n) is 10.5. The molecule has 1 aromatic carbocycles. The van der Waals surface area contributed by atoms with Crippen molar-refractivity contribution in [1.29, 1.82) is 0 Å². The first-order valence-electron chi connectivity index (χ1n) is 6.20. The number of hydrogen-bond acceptors (Lipinski definition) is 4. The molecule has 3 rings (SSSR count). The van der Waals surface area contributed by atoms with Crippen LogP contribution in [0.3, 0.4) is 0 Å². The van der Waals surface area contributed by atoms with Gasteiger partial charge in [0.05, 0.1) is 6.54 Å². The van der Waals surface area contributed by atoms with Gasteiger partial charge in [-0.05, 0) is 18.1 Å². The predicted molar refractivity (Wildman–Crippen MR) is 70.1 cm³/mol. The van der Waals surface area contributed by atoms with Gasteiger partial charge in [0, 0.05) is 25.3 Å². The van der Waals surface area contributed by atoms with E-state index >= 15 is 0 Å². The summed E-state index contributed by atoms with van der Waals surface area (Å²) < 4.78 is 2.11. The van der Waals surface area contributed by atoms with Crippen LogP contribution in [-0.4, -0.2) is 21.3 Å². The molecule has 2 aromatic rings. The molecule has 0 saturated heterocycles. The SMILES string of the molecule is Cc1cccc(CN)c1N1CCn2cnnc2C1. The quantitative estimate of drug-likeness (QED) is 0.857. The molecule has 5 heteroatoms. The van der Waals surface area contributed by atoms with Crippen LogP contribution in [0.15, 0.2) is 24.5 Å². The van der Waals surface area contributed by atoms with E-state index in [1.165, 1.54) is 16.8 Å². The summed E-state index contributed by atoms with van der Waals surface area (Å²) in [5.41, 5.74) is 9.57. The van der Waals surface area contributed by atoms with Crippen LogP contribution in [0, 0.1) is 6.92 Å². The van der Waals surface area contributed by atoms with Crippen LogP contribution in [0.1, 0.15) is 17.0 Å².